The first-order valence-corrected chi connectivity index (χ1v) is 8.33. The molecule has 0 saturated heterocycles. The Morgan fingerprint density at radius 1 is 1.12 bits per heavy atom. The number of hydrogen-bond acceptors (Lipinski definition) is 5. The molecule has 0 bridgehead atoms. The van der Waals surface area contributed by atoms with Crippen molar-refractivity contribution in [2.75, 3.05) is 0 Å². The van der Waals surface area contributed by atoms with Gasteiger partial charge in [0.1, 0.15) is 5.71 Å². The molecule has 24 heavy (non-hydrogen) atoms. The fourth-order valence-corrected chi connectivity index (χ4v) is 3.28. The number of fused-ring (bicyclic) bond motifs is 2. The first-order chi connectivity index (χ1) is 11.4. The smallest absolute Gasteiger partial charge is 0.294 e. The lowest BCUT2D eigenvalue weighted by Crippen LogP contribution is -2.13. The Labute approximate surface area is 136 Å². The third-order valence-corrected chi connectivity index (χ3v) is 4.72. The molecule has 1 aliphatic rings. The molecule has 7 nitrogen and oxygen atoms in total. The minimum absolute atomic E-state index is 0.00306. The predicted molar refractivity (Wildman–Crippen MR) is 84.5 cm³/mol. The Kier molecular flexibility index (Phi) is 2.90. The van der Waals surface area contributed by atoms with Crippen LogP contribution in [0.15, 0.2) is 52.4 Å². The molecule has 0 fully saturated rings. The van der Waals surface area contributed by atoms with E-state index in [2.05, 4.69) is 9.98 Å². The molecule has 120 valence electrons. The number of nitrogens with zero attached hydrogens (tertiary/aromatic N) is 1. The van der Waals surface area contributed by atoms with Gasteiger partial charge >= 0.3 is 0 Å². The molecule has 1 aromatic heterocycles. The summed E-state index contributed by atoms with van der Waals surface area (Å²) in [6, 6.07) is 10.4. The summed E-state index contributed by atoms with van der Waals surface area (Å²) in [7, 11) is -4.43. The van der Waals surface area contributed by atoms with Gasteiger partial charge in [-0.15, -0.1) is 0 Å². The number of carbonyl (C=O) groups excluding carboxylic acids is 1. The number of carbonyl (C=O) groups is 1. The average molecular weight is 341 g/mol. The van der Waals surface area contributed by atoms with Gasteiger partial charge in [0.2, 0.25) is 5.78 Å². The maximum absolute atomic E-state index is 12.5. The highest BCUT2D eigenvalue weighted by atomic mass is 32.2. The number of H-pyrrole nitrogens is 1. The standard InChI is InChI=1S/C16H10N2O5S/c19-15-9-3-1-2-4-11(9)17-14(15)13-10-7-8(24(21,22)23)5-6-12(10)18-16(13)20/h1-7,18,20H,(H,21,22,23)/p-1. The molecular formula is C16H9N2O5S-. The minimum atomic E-state index is -4.43. The SMILES string of the molecule is O=C1C(c2c([O-])[nH]c3ccc(S(=O)(=O)O)cc23)=Nc2ccccc21. The van der Waals surface area contributed by atoms with Crippen molar-refractivity contribution in [1.82, 2.24) is 4.98 Å². The van der Waals surface area contributed by atoms with Gasteiger partial charge in [0.05, 0.1) is 10.6 Å². The molecule has 1 aliphatic heterocycles. The quantitative estimate of drug-likeness (QED) is 0.688. The Morgan fingerprint density at radius 2 is 1.88 bits per heavy atom. The lowest BCUT2D eigenvalue weighted by molar-refractivity contribution is -0.274. The summed E-state index contributed by atoms with van der Waals surface area (Å²) in [6.45, 7) is 0. The van der Waals surface area contributed by atoms with E-state index in [4.69, 9.17) is 0 Å². The van der Waals surface area contributed by atoms with Crippen LogP contribution in [0.3, 0.4) is 0 Å². The molecule has 3 aromatic rings. The largest absolute Gasteiger partial charge is 0.860 e. The van der Waals surface area contributed by atoms with Gasteiger partial charge in [-0.05, 0) is 36.2 Å². The van der Waals surface area contributed by atoms with E-state index in [0.29, 0.717) is 16.8 Å². The Hall–Kier alpha value is -2.97. The van der Waals surface area contributed by atoms with Crippen molar-refractivity contribution in [1.29, 1.82) is 0 Å². The Morgan fingerprint density at radius 3 is 2.58 bits per heavy atom. The summed E-state index contributed by atoms with van der Waals surface area (Å²) >= 11 is 0. The van der Waals surface area contributed by atoms with Gasteiger partial charge < -0.3 is 10.1 Å². The van der Waals surface area contributed by atoms with Crippen LogP contribution in [0.1, 0.15) is 15.9 Å². The maximum Gasteiger partial charge on any atom is 0.294 e. The number of aliphatic imine (C=N–C) groups is 1. The maximum atomic E-state index is 12.5. The van der Waals surface area contributed by atoms with Crippen molar-refractivity contribution in [2.24, 2.45) is 4.99 Å². The lowest BCUT2D eigenvalue weighted by atomic mass is 10.0. The van der Waals surface area contributed by atoms with E-state index in [1.165, 1.54) is 12.1 Å². The molecule has 0 amide bonds. The summed E-state index contributed by atoms with van der Waals surface area (Å²) in [6.07, 6.45) is 0. The second kappa shape index (κ2) is 4.76. The van der Waals surface area contributed by atoms with E-state index >= 15 is 0 Å². The average Bonchev–Trinajstić information content (AvgIpc) is 3.02. The summed E-state index contributed by atoms with van der Waals surface area (Å²) in [4.78, 5) is 18.9. The highest BCUT2D eigenvalue weighted by Crippen LogP contribution is 2.34. The molecule has 2 aromatic carbocycles. The third kappa shape index (κ3) is 2.04. The minimum Gasteiger partial charge on any atom is -0.860 e. The summed E-state index contributed by atoms with van der Waals surface area (Å²) < 4.78 is 31.8. The van der Waals surface area contributed by atoms with Gasteiger partial charge in [0.25, 0.3) is 10.1 Å². The fraction of sp³-hybridized carbons (Fsp3) is 0. The Balaban J connectivity index is 1.98. The van der Waals surface area contributed by atoms with Crippen LogP contribution < -0.4 is 5.11 Å². The number of Topliss-reactive ketones (excluding diaryl/α,β-unsaturated/α-hetero) is 1. The van der Waals surface area contributed by atoms with E-state index in [-0.39, 0.29) is 21.6 Å². The molecule has 2 heterocycles. The molecule has 0 saturated carbocycles. The van der Waals surface area contributed by atoms with Crippen molar-refractivity contribution >= 4 is 38.2 Å². The monoisotopic (exact) mass is 341 g/mol. The van der Waals surface area contributed by atoms with Gasteiger partial charge in [-0.2, -0.15) is 8.42 Å². The predicted octanol–water partition coefficient (Wildman–Crippen LogP) is 1.81. The van der Waals surface area contributed by atoms with Crippen LogP contribution in [0.2, 0.25) is 0 Å². The lowest BCUT2D eigenvalue weighted by Gasteiger charge is -2.06. The van der Waals surface area contributed by atoms with Gasteiger partial charge in [0, 0.05) is 22.0 Å². The van der Waals surface area contributed by atoms with Crippen molar-refractivity contribution < 1.29 is 22.9 Å². The Bertz CT molecular complexity index is 1160. The van der Waals surface area contributed by atoms with Crippen LogP contribution in [0.25, 0.3) is 10.9 Å². The number of nitrogens with one attached hydrogen (secondary N) is 1. The first kappa shape index (κ1) is 14.6. The molecule has 0 aliphatic carbocycles. The van der Waals surface area contributed by atoms with Crippen molar-refractivity contribution in [3.8, 4) is 5.88 Å². The van der Waals surface area contributed by atoms with Crippen LogP contribution in [-0.4, -0.2) is 29.4 Å². The van der Waals surface area contributed by atoms with Crippen LogP contribution in [0, 0.1) is 0 Å². The number of para-hydroxylation sites is 1. The van der Waals surface area contributed by atoms with E-state index in [0.717, 1.165) is 6.07 Å². The zero-order valence-corrected chi connectivity index (χ0v) is 12.8. The second-order valence-electron chi connectivity index (χ2n) is 5.32. The van der Waals surface area contributed by atoms with E-state index in [9.17, 15) is 22.9 Å². The highest BCUT2D eigenvalue weighted by Gasteiger charge is 2.28. The topological polar surface area (TPSA) is 123 Å². The first-order valence-electron chi connectivity index (χ1n) is 6.89. The van der Waals surface area contributed by atoms with E-state index in [1.54, 1.807) is 24.3 Å². The van der Waals surface area contributed by atoms with Gasteiger partial charge in [-0.3, -0.25) is 9.35 Å². The molecular weight excluding hydrogens is 332 g/mol. The summed E-state index contributed by atoms with van der Waals surface area (Å²) in [5, 5.41) is 12.5. The van der Waals surface area contributed by atoms with Crippen LogP contribution in [0.4, 0.5) is 5.69 Å². The zero-order chi connectivity index (χ0) is 17.1. The molecule has 2 N–H and O–H groups in total. The highest BCUT2D eigenvalue weighted by molar-refractivity contribution is 7.85. The normalized spacial score (nSPS) is 14.0. The number of benzene rings is 2. The van der Waals surface area contributed by atoms with Gasteiger partial charge in [-0.25, -0.2) is 4.99 Å². The molecule has 8 heteroatoms. The summed E-state index contributed by atoms with van der Waals surface area (Å²) in [5.74, 6) is -0.946. The molecule has 0 atom stereocenters. The van der Waals surface area contributed by atoms with Crippen molar-refractivity contribution in [3.05, 3.63) is 53.6 Å². The molecule has 0 unspecified atom stereocenters. The zero-order valence-electron chi connectivity index (χ0n) is 12.0. The molecule has 0 radical (unpaired) electrons. The third-order valence-electron chi connectivity index (χ3n) is 3.87. The van der Waals surface area contributed by atoms with Crippen molar-refractivity contribution in [3.63, 3.8) is 0 Å². The number of rotatable bonds is 2. The van der Waals surface area contributed by atoms with Gasteiger partial charge in [0.15, 0.2) is 0 Å². The van der Waals surface area contributed by atoms with E-state index in [1.807, 2.05) is 0 Å². The molecule has 0 spiro atoms. The van der Waals surface area contributed by atoms with Crippen LogP contribution >= 0.6 is 0 Å². The number of aromatic amines is 1. The van der Waals surface area contributed by atoms with Crippen LogP contribution in [-0.2, 0) is 10.1 Å². The fourth-order valence-electron chi connectivity index (χ4n) is 2.77. The number of ketones is 1. The van der Waals surface area contributed by atoms with E-state index < -0.39 is 21.8 Å². The summed E-state index contributed by atoms with van der Waals surface area (Å²) in [5.41, 5.74) is 1.15. The number of hydrogen-bond donors (Lipinski definition) is 2. The van der Waals surface area contributed by atoms with Gasteiger partial charge in [-0.1, -0.05) is 12.1 Å². The van der Waals surface area contributed by atoms with Crippen molar-refractivity contribution in [2.45, 2.75) is 4.90 Å². The van der Waals surface area contributed by atoms with Crippen LogP contribution in [0.5, 0.6) is 5.88 Å². The number of aromatic nitrogens is 1. The second-order valence-corrected chi connectivity index (χ2v) is 6.74. The molecule has 4 rings (SSSR count).